The van der Waals surface area contributed by atoms with Crippen molar-refractivity contribution in [1.29, 1.82) is 0 Å². The quantitative estimate of drug-likeness (QED) is 0.679. The minimum Gasteiger partial charge on any atom is -0.340 e. The Labute approximate surface area is 187 Å². The monoisotopic (exact) mass is 433 g/mol. The Morgan fingerprint density at radius 1 is 1.03 bits per heavy atom. The largest absolute Gasteiger partial charge is 0.340 e. The molecule has 8 nitrogen and oxygen atoms in total. The number of carbonyl (C=O) groups excluding carboxylic acids is 3. The van der Waals surface area contributed by atoms with E-state index in [1.54, 1.807) is 24.3 Å². The molecule has 2 heterocycles. The molecule has 0 unspecified atom stereocenters. The molecular weight excluding hydrogens is 406 g/mol. The summed E-state index contributed by atoms with van der Waals surface area (Å²) in [6, 6.07) is 16.3. The second kappa shape index (κ2) is 9.74. The number of nitrogens with one attached hydrogen (secondary N) is 2. The molecule has 4 rings (SSSR count). The first-order valence-corrected chi connectivity index (χ1v) is 10.8. The van der Waals surface area contributed by atoms with E-state index in [2.05, 4.69) is 37.6 Å². The Hall–Kier alpha value is -3.52. The van der Waals surface area contributed by atoms with Crippen molar-refractivity contribution in [2.24, 2.45) is 4.99 Å². The third kappa shape index (κ3) is 5.39. The average molecular weight is 434 g/mol. The van der Waals surface area contributed by atoms with Gasteiger partial charge in [0, 0.05) is 44.0 Å². The molecule has 8 heteroatoms. The number of hydrogen-bond donors (Lipinski definition) is 2. The van der Waals surface area contributed by atoms with Gasteiger partial charge >= 0.3 is 0 Å². The molecule has 1 atom stereocenters. The summed E-state index contributed by atoms with van der Waals surface area (Å²) >= 11 is 0. The Balaban J connectivity index is 1.28. The van der Waals surface area contributed by atoms with Crippen molar-refractivity contribution in [3.8, 4) is 0 Å². The summed E-state index contributed by atoms with van der Waals surface area (Å²) in [5.41, 5.74) is 2.45. The van der Waals surface area contributed by atoms with Gasteiger partial charge in [-0.3, -0.25) is 24.6 Å². The normalized spacial score (nSPS) is 18.8. The van der Waals surface area contributed by atoms with Gasteiger partial charge in [-0.2, -0.15) is 0 Å². The first-order valence-electron chi connectivity index (χ1n) is 10.8. The van der Waals surface area contributed by atoms with Gasteiger partial charge in [-0.15, -0.1) is 0 Å². The molecule has 2 aliphatic heterocycles. The van der Waals surface area contributed by atoms with E-state index in [1.807, 2.05) is 18.2 Å². The number of ketones is 1. The summed E-state index contributed by atoms with van der Waals surface area (Å²) in [5, 5.41) is 5.59. The topological polar surface area (TPSA) is 94.1 Å². The van der Waals surface area contributed by atoms with Gasteiger partial charge in [-0.05, 0) is 36.8 Å². The van der Waals surface area contributed by atoms with Crippen LogP contribution in [-0.2, 0) is 16.1 Å². The number of guanidine groups is 1. The molecular formula is C24H27N5O3. The van der Waals surface area contributed by atoms with E-state index < -0.39 is 6.04 Å². The smallest absolute Gasteiger partial charge is 0.252 e. The van der Waals surface area contributed by atoms with Crippen LogP contribution in [0.2, 0.25) is 0 Å². The summed E-state index contributed by atoms with van der Waals surface area (Å²) in [6.45, 7) is 5.70. The van der Waals surface area contributed by atoms with Crippen LogP contribution in [0.25, 0.3) is 0 Å². The number of aliphatic imine (C=N–C) groups is 1. The first-order chi connectivity index (χ1) is 15.5. The zero-order valence-electron chi connectivity index (χ0n) is 18.1. The lowest BCUT2D eigenvalue weighted by Crippen LogP contribution is -2.51. The van der Waals surface area contributed by atoms with E-state index in [1.165, 1.54) is 12.5 Å². The molecule has 0 radical (unpaired) electrons. The summed E-state index contributed by atoms with van der Waals surface area (Å²) in [5.74, 6) is -0.0292. The van der Waals surface area contributed by atoms with Gasteiger partial charge in [0.2, 0.25) is 11.9 Å². The lowest BCUT2D eigenvalue weighted by Gasteiger charge is -2.35. The highest BCUT2D eigenvalue weighted by atomic mass is 16.2. The summed E-state index contributed by atoms with van der Waals surface area (Å²) in [6.07, 6.45) is -0.0300. The van der Waals surface area contributed by atoms with Crippen LogP contribution in [-0.4, -0.2) is 65.6 Å². The van der Waals surface area contributed by atoms with Crippen molar-refractivity contribution in [2.45, 2.75) is 25.9 Å². The van der Waals surface area contributed by atoms with Crippen molar-refractivity contribution in [3.63, 3.8) is 0 Å². The Kier molecular flexibility index (Phi) is 6.61. The molecule has 2 aliphatic rings. The maximum Gasteiger partial charge on any atom is 0.252 e. The number of nitrogens with zero attached hydrogens (tertiary/aromatic N) is 3. The van der Waals surface area contributed by atoms with E-state index >= 15 is 0 Å². The van der Waals surface area contributed by atoms with E-state index in [-0.39, 0.29) is 24.0 Å². The summed E-state index contributed by atoms with van der Waals surface area (Å²) in [4.78, 5) is 45.0. The second-order valence-corrected chi connectivity index (χ2v) is 8.09. The minimum atomic E-state index is -0.733. The van der Waals surface area contributed by atoms with Crippen LogP contribution >= 0.6 is 0 Å². The molecule has 1 fully saturated rings. The molecule has 2 amide bonds. The number of anilines is 1. The number of benzene rings is 2. The van der Waals surface area contributed by atoms with Crippen LogP contribution in [0.3, 0.4) is 0 Å². The molecule has 2 N–H and O–H groups in total. The summed E-state index contributed by atoms with van der Waals surface area (Å²) in [7, 11) is 0. The second-order valence-electron chi connectivity index (χ2n) is 8.09. The van der Waals surface area contributed by atoms with E-state index in [9.17, 15) is 14.4 Å². The average Bonchev–Trinajstić information content (AvgIpc) is 3.15. The molecule has 0 bridgehead atoms. The van der Waals surface area contributed by atoms with Gasteiger partial charge < -0.3 is 10.2 Å². The number of rotatable bonds is 6. The number of carbonyl (C=O) groups is 3. The van der Waals surface area contributed by atoms with Gasteiger partial charge in [-0.25, -0.2) is 4.99 Å². The third-order valence-electron chi connectivity index (χ3n) is 5.69. The zero-order chi connectivity index (χ0) is 22.5. The van der Waals surface area contributed by atoms with Crippen molar-refractivity contribution in [2.75, 3.05) is 31.5 Å². The van der Waals surface area contributed by atoms with Crippen molar-refractivity contribution in [1.82, 2.24) is 15.1 Å². The van der Waals surface area contributed by atoms with Crippen LogP contribution in [0, 0.1) is 0 Å². The number of Topliss-reactive ketones (excluding diaryl/α,β-unsaturated/α-hetero) is 1. The predicted molar refractivity (Wildman–Crippen MR) is 122 cm³/mol. The standard InChI is InChI=1S/C24H27N5O3/c1-17(30)19-7-9-20(10-8-19)25-22(31)15-21-23(32)27-24(26-21)29-13-11-28(12-14-29)16-18-5-3-2-4-6-18/h2-10,21H,11-16H2,1H3,(H,25,31)(H,26,27,32)/t21-/m1/s1. The number of piperazine rings is 1. The molecule has 2 aromatic carbocycles. The zero-order valence-corrected chi connectivity index (χ0v) is 18.1. The molecule has 0 saturated carbocycles. The maximum absolute atomic E-state index is 12.4. The SMILES string of the molecule is CC(=O)c1ccc(NC(=O)C[C@H]2N=C(N3CCN(Cc4ccccc4)CC3)NC2=O)cc1. The summed E-state index contributed by atoms with van der Waals surface area (Å²) < 4.78 is 0. The molecule has 0 aromatic heterocycles. The molecule has 0 aliphatic carbocycles. The number of amides is 2. The van der Waals surface area contributed by atoms with Gasteiger partial charge in [0.25, 0.3) is 5.91 Å². The fourth-order valence-electron chi connectivity index (χ4n) is 3.87. The van der Waals surface area contributed by atoms with Crippen molar-refractivity contribution >= 4 is 29.2 Å². The molecule has 2 aromatic rings. The Morgan fingerprint density at radius 2 is 1.72 bits per heavy atom. The first kappa shape index (κ1) is 21.7. The fourth-order valence-corrected chi connectivity index (χ4v) is 3.87. The Morgan fingerprint density at radius 3 is 2.38 bits per heavy atom. The van der Waals surface area contributed by atoms with Gasteiger partial charge in [-0.1, -0.05) is 30.3 Å². The van der Waals surface area contributed by atoms with Crippen LogP contribution < -0.4 is 10.6 Å². The highest BCUT2D eigenvalue weighted by Crippen LogP contribution is 2.15. The lowest BCUT2D eigenvalue weighted by molar-refractivity contribution is -0.124. The lowest BCUT2D eigenvalue weighted by atomic mass is 10.1. The van der Waals surface area contributed by atoms with Crippen molar-refractivity contribution < 1.29 is 14.4 Å². The van der Waals surface area contributed by atoms with E-state index in [0.29, 0.717) is 17.2 Å². The maximum atomic E-state index is 12.4. The Bertz CT molecular complexity index is 1010. The highest BCUT2D eigenvalue weighted by Gasteiger charge is 2.32. The van der Waals surface area contributed by atoms with Crippen molar-refractivity contribution in [3.05, 3.63) is 65.7 Å². The van der Waals surface area contributed by atoms with Crippen LogP contribution in [0.15, 0.2) is 59.6 Å². The van der Waals surface area contributed by atoms with E-state index in [0.717, 1.165) is 32.7 Å². The van der Waals surface area contributed by atoms with Gasteiger partial charge in [0.1, 0.15) is 6.04 Å². The van der Waals surface area contributed by atoms with E-state index in [4.69, 9.17) is 0 Å². The molecule has 1 saturated heterocycles. The number of hydrogen-bond acceptors (Lipinski definition) is 6. The molecule has 0 spiro atoms. The predicted octanol–water partition coefficient (Wildman–Crippen LogP) is 1.89. The third-order valence-corrected chi connectivity index (χ3v) is 5.69. The minimum absolute atomic E-state index is 0.0300. The van der Waals surface area contributed by atoms with Crippen LogP contribution in [0.4, 0.5) is 5.69 Å². The fraction of sp³-hybridized carbons (Fsp3) is 0.333. The van der Waals surface area contributed by atoms with Crippen LogP contribution in [0.5, 0.6) is 0 Å². The highest BCUT2D eigenvalue weighted by molar-refractivity contribution is 6.07. The van der Waals surface area contributed by atoms with Crippen LogP contribution in [0.1, 0.15) is 29.3 Å². The molecule has 166 valence electrons. The van der Waals surface area contributed by atoms with Gasteiger partial charge in [0.05, 0.1) is 6.42 Å². The van der Waals surface area contributed by atoms with Gasteiger partial charge in [0.15, 0.2) is 5.78 Å². The molecule has 32 heavy (non-hydrogen) atoms.